The summed E-state index contributed by atoms with van der Waals surface area (Å²) in [5.74, 6) is -2.28. The molecule has 2 saturated heterocycles. The van der Waals surface area contributed by atoms with Gasteiger partial charge in [-0.25, -0.2) is 4.79 Å². The van der Waals surface area contributed by atoms with E-state index in [0.717, 1.165) is 12.8 Å². The molecule has 0 radical (unpaired) electrons. The summed E-state index contributed by atoms with van der Waals surface area (Å²) in [5, 5.41) is 5.76. The van der Waals surface area contributed by atoms with Crippen LogP contribution in [0.25, 0.3) is 0 Å². The summed E-state index contributed by atoms with van der Waals surface area (Å²) in [4.78, 5) is 65.1. The third-order valence-corrected chi connectivity index (χ3v) is 5.23. The van der Waals surface area contributed by atoms with Gasteiger partial charge in [-0.2, -0.15) is 0 Å². The van der Waals surface area contributed by atoms with E-state index in [4.69, 9.17) is 4.84 Å². The molecular weight excluding hydrogens is 383 g/mol. The van der Waals surface area contributed by atoms with Crippen LogP contribution in [0.15, 0.2) is 0 Å². The predicted molar refractivity (Wildman–Crippen MR) is 102 cm³/mol. The molecule has 2 unspecified atom stereocenters. The van der Waals surface area contributed by atoms with E-state index < -0.39 is 17.8 Å². The molecule has 0 aromatic rings. The molecule has 2 N–H and O–H groups in total. The quantitative estimate of drug-likeness (QED) is 0.306. The Bertz CT molecular complexity index is 627. The number of carbonyl (C=O) groups excluding carboxylic acids is 5. The van der Waals surface area contributed by atoms with Crippen molar-refractivity contribution in [3.8, 4) is 0 Å². The molecule has 0 aromatic carbocycles. The van der Waals surface area contributed by atoms with Crippen LogP contribution in [0.2, 0.25) is 0 Å². The van der Waals surface area contributed by atoms with Gasteiger partial charge in [0.2, 0.25) is 11.8 Å². The number of imide groups is 1. The van der Waals surface area contributed by atoms with E-state index >= 15 is 0 Å². The first-order valence-corrected chi connectivity index (χ1v) is 10.1. The second kappa shape index (κ2) is 10.9. The van der Waals surface area contributed by atoms with E-state index in [1.807, 2.05) is 0 Å². The summed E-state index contributed by atoms with van der Waals surface area (Å²) < 4.78 is 0. The Morgan fingerprint density at radius 2 is 1.48 bits per heavy atom. The van der Waals surface area contributed by atoms with E-state index in [1.165, 1.54) is 6.42 Å². The van der Waals surface area contributed by atoms with Crippen LogP contribution in [0.4, 0.5) is 0 Å². The number of amides is 4. The number of nitrogens with zero attached hydrogens (tertiary/aromatic N) is 2. The molecule has 162 valence electrons. The van der Waals surface area contributed by atoms with Crippen molar-refractivity contribution in [1.29, 1.82) is 0 Å². The Morgan fingerprint density at radius 3 is 2.10 bits per heavy atom. The van der Waals surface area contributed by atoms with Crippen LogP contribution in [0.5, 0.6) is 0 Å². The predicted octanol–water partition coefficient (Wildman–Crippen LogP) is -0.131. The molecule has 4 amide bonds. The van der Waals surface area contributed by atoms with Gasteiger partial charge < -0.3 is 15.5 Å². The van der Waals surface area contributed by atoms with E-state index in [9.17, 15) is 24.0 Å². The average molecular weight is 413 g/mol. The number of hydrogen-bond donors (Lipinski definition) is 2. The van der Waals surface area contributed by atoms with Gasteiger partial charge in [0, 0.05) is 44.4 Å². The maximum Gasteiger partial charge on any atom is 0.334 e. The second-order valence-electron chi connectivity index (χ2n) is 7.55. The first-order valence-electron chi connectivity index (χ1n) is 10.1. The summed E-state index contributed by atoms with van der Waals surface area (Å²) in [5.41, 5.74) is 0. The van der Waals surface area contributed by atoms with Crippen LogP contribution in [0.1, 0.15) is 58.8 Å². The van der Waals surface area contributed by atoms with Gasteiger partial charge in [-0.1, -0.05) is 6.42 Å². The molecule has 0 aromatic heterocycles. The molecule has 0 saturated carbocycles. The van der Waals surface area contributed by atoms with Gasteiger partial charge in [-0.15, -0.1) is 5.06 Å². The smallest absolute Gasteiger partial charge is 0.334 e. The zero-order valence-electron chi connectivity index (χ0n) is 17.1. The summed E-state index contributed by atoms with van der Waals surface area (Å²) in [7, 11) is 0. The lowest BCUT2D eigenvalue weighted by Gasteiger charge is -2.38. The Balaban J connectivity index is 1.56. The number of hydrogen-bond acceptors (Lipinski definition) is 7. The highest BCUT2D eigenvalue weighted by Crippen LogP contribution is 2.21. The molecule has 2 fully saturated rings. The van der Waals surface area contributed by atoms with Crippen molar-refractivity contribution in [3.05, 3.63) is 0 Å². The zero-order valence-corrected chi connectivity index (χ0v) is 17.1. The van der Waals surface area contributed by atoms with Gasteiger partial charge in [0.25, 0.3) is 11.8 Å². The fourth-order valence-electron chi connectivity index (χ4n) is 3.52. The Kier molecular flexibility index (Phi) is 8.56. The number of piperidine rings is 1. The van der Waals surface area contributed by atoms with Crippen LogP contribution in [0.3, 0.4) is 0 Å². The Hall–Kier alpha value is -2.49. The normalized spacial score (nSPS) is 22.5. The Morgan fingerprint density at radius 1 is 0.931 bits per heavy atom. The maximum absolute atomic E-state index is 12.1. The van der Waals surface area contributed by atoms with Crippen LogP contribution in [-0.2, 0) is 28.8 Å². The van der Waals surface area contributed by atoms with Crippen LogP contribution in [-0.4, -0.2) is 71.3 Å². The van der Waals surface area contributed by atoms with Gasteiger partial charge in [0.1, 0.15) is 0 Å². The van der Waals surface area contributed by atoms with Crippen LogP contribution in [0, 0.1) is 0 Å². The van der Waals surface area contributed by atoms with Crippen molar-refractivity contribution in [2.75, 3.05) is 19.6 Å². The molecule has 2 heterocycles. The zero-order chi connectivity index (χ0) is 21.4. The minimum Gasteiger partial charge on any atom is -0.355 e. The standard InChI is InChI=1S/C19H30N4O6/c1-13-4-3-5-14(2)22(13)12-16(25)21-10-8-15(24)20-11-9-19(28)29-23-17(26)6-7-18(23)27/h13-14H,3-12H2,1-2H3,(H,20,24)(H,21,25)/i19+1,20+1,21+1. The number of hydroxylamine groups is 2. The van der Waals surface area contributed by atoms with Gasteiger partial charge in [-0.05, 0) is 26.7 Å². The topological polar surface area (TPSA) is 125 Å². The lowest BCUT2D eigenvalue weighted by Crippen LogP contribution is -2.49. The second-order valence-corrected chi connectivity index (χ2v) is 7.55. The van der Waals surface area contributed by atoms with Crippen LogP contribution < -0.4 is 10.6 Å². The highest BCUT2D eigenvalue weighted by atomic mass is 16.8. The van der Waals surface area contributed by atoms with E-state index in [-0.39, 0.29) is 50.6 Å². The monoisotopic (exact) mass is 413 g/mol. The largest absolute Gasteiger partial charge is 0.355 e. The van der Waals surface area contributed by atoms with Gasteiger partial charge in [0.15, 0.2) is 0 Å². The fraction of sp³-hybridized carbons (Fsp3) is 0.737. The van der Waals surface area contributed by atoms with Crippen molar-refractivity contribution >= 4 is 29.6 Å². The fourth-order valence-corrected chi connectivity index (χ4v) is 3.52. The lowest BCUT2D eigenvalue weighted by molar-refractivity contribution is -0.197. The number of carbonyl (C=O) groups is 5. The SMILES string of the molecule is CC1CCCC(C)N1CC(=O)[15NH]CCC(=O)[15NH]CC[13C](=O)ON1C(=O)CCC1=O. The summed E-state index contributed by atoms with van der Waals surface area (Å²) in [6.07, 6.45) is 3.34. The highest BCUT2D eigenvalue weighted by molar-refractivity contribution is 6.01. The summed E-state index contributed by atoms with van der Waals surface area (Å²) >= 11 is 0. The minimum absolute atomic E-state index is 0.0185. The van der Waals surface area contributed by atoms with Gasteiger partial charge in [-0.3, -0.25) is 24.1 Å². The first-order chi connectivity index (χ1) is 13.8. The molecule has 0 spiro atoms. The molecule has 2 aliphatic heterocycles. The number of nitrogens with one attached hydrogen (secondary N) is 2. The van der Waals surface area contributed by atoms with Crippen molar-refractivity contribution in [1.82, 2.24) is 20.6 Å². The third kappa shape index (κ3) is 7.12. The molecule has 29 heavy (non-hydrogen) atoms. The molecule has 0 aliphatic carbocycles. The van der Waals surface area contributed by atoms with Crippen molar-refractivity contribution < 1.29 is 28.8 Å². The average Bonchev–Trinajstić information content (AvgIpc) is 2.97. The first kappa shape index (κ1) is 22.8. The van der Waals surface area contributed by atoms with Crippen LogP contribution >= 0.6 is 0 Å². The molecule has 0 bridgehead atoms. The van der Waals surface area contributed by atoms with Crippen molar-refractivity contribution in [2.45, 2.75) is 70.9 Å². The van der Waals surface area contributed by atoms with Gasteiger partial charge in [0.05, 0.1) is 13.0 Å². The molecule has 10 nitrogen and oxygen atoms in total. The molecule has 2 rings (SSSR count). The van der Waals surface area contributed by atoms with E-state index in [0.29, 0.717) is 23.7 Å². The van der Waals surface area contributed by atoms with Gasteiger partial charge >= 0.3 is 5.97 Å². The van der Waals surface area contributed by atoms with E-state index in [2.05, 4.69) is 29.4 Å². The lowest BCUT2D eigenvalue weighted by atomic mass is 9.98. The van der Waals surface area contributed by atoms with Crippen molar-refractivity contribution in [3.63, 3.8) is 0 Å². The number of rotatable bonds is 9. The highest BCUT2D eigenvalue weighted by Gasteiger charge is 2.32. The summed E-state index contributed by atoms with van der Waals surface area (Å²) in [6.45, 7) is 4.80. The molecular formula is C19H30N4O6. The number of likely N-dealkylation sites (tertiary alicyclic amines) is 1. The van der Waals surface area contributed by atoms with Crippen molar-refractivity contribution in [2.24, 2.45) is 0 Å². The molecule has 10 heteroatoms. The van der Waals surface area contributed by atoms with E-state index in [1.54, 1.807) is 0 Å². The molecule has 2 aliphatic rings. The summed E-state index contributed by atoms with van der Waals surface area (Å²) in [6, 6.07) is 0.748. The maximum atomic E-state index is 12.1. The molecule has 2 atom stereocenters. The third-order valence-electron chi connectivity index (χ3n) is 5.23. The Labute approximate surface area is 170 Å². The minimum atomic E-state index is -0.771.